The van der Waals surface area contributed by atoms with E-state index >= 15 is 0 Å². The van der Waals surface area contributed by atoms with Gasteiger partial charge in [0.1, 0.15) is 10.6 Å². The van der Waals surface area contributed by atoms with Gasteiger partial charge in [-0.05, 0) is 28.1 Å². The summed E-state index contributed by atoms with van der Waals surface area (Å²) >= 11 is 3.20. The van der Waals surface area contributed by atoms with Gasteiger partial charge in [0.05, 0.1) is 7.11 Å². The van der Waals surface area contributed by atoms with Crippen LogP contribution in [0.25, 0.3) is 0 Å². The van der Waals surface area contributed by atoms with Gasteiger partial charge in [-0.25, -0.2) is 12.7 Å². The van der Waals surface area contributed by atoms with Crippen molar-refractivity contribution in [3.05, 3.63) is 22.7 Å². The highest BCUT2D eigenvalue weighted by molar-refractivity contribution is 9.10. The third-order valence-electron chi connectivity index (χ3n) is 1.90. The van der Waals surface area contributed by atoms with Crippen LogP contribution in [-0.2, 0) is 10.0 Å². The van der Waals surface area contributed by atoms with Crippen molar-refractivity contribution in [2.75, 3.05) is 21.2 Å². The molecule has 0 aliphatic heterocycles. The Kier molecular flexibility index (Phi) is 3.75. The smallest absolute Gasteiger partial charge is 0.243 e. The quantitative estimate of drug-likeness (QED) is 0.852. The van der Waals surface area contributed by atoms with Gasteiger partial charge in [-0.15, -0.1) is 0 Å². The van der Waals surface area contributed by atoms with E-state index < -0.39 is 10.0 Å². The second kappa shape index (κ2) is 4.51. The minimum absolute atomic E-state index is 0.201. The summed E-state index contributed by atoms with van der Waals surface area (Å²) in [4.78, 5) is 0.201. The normalized spacial score (nSPS) is 11.8. The molecule has 0 heterocycles. The first kappa shape index (κ1) is 12.5. The number of hydrogen-bond acceptors (Lipinski definition) is 3. The minimum atomic E-state index is -3.43. The van der Waals surface area contributed by atoms with Crippen LogP contribution in [0.5, 0.6) is 5.75 Å². The van der Waals surface area contributed by atoms with E-state index in [0.717, 1.165) is 4.31 Å². The molecule has 0 aromatic heterocycles. The lowest BCUT2D eigenvalue weighted by Crippen LogP contribution is -2.22. The van der Waals surface area contributed by atoms with Crippen LogP contribution >= 0.6 is 15.9 Å². The molecule has 0 atom stereocenters. The Hall–Kier alpha value is -0.590. The monoisotopic (exact) mass is 293 g/mol. The molecule has 0 saturated heterocycles. The summed E-state index contributed by atoms with van der Waals surface area (Å²) in [5, 5.41) is 0. The molecule has 1 rings (SSSR count). The van der Waals surface area contributed by atoms with Crippen LogP contribution in [0, 0.1) is 0 Å². The first-order chi connectivity index (χ1) is 6.89. The Bertz CT molecular complexity index is 456. The highest BCUT2D eigenvalue weighted by Gasteiger charge is 2.20. The average Bonchev–Trinajstić information content (AvgIpc) is 2.18. The number of methoxy groups -OCH3 is 1. The van der Waals surface area contributed by atoms with Crippen molar-refractivity contribution >= 4 is 26.0 Å². The lowest BCUT2D eigenvalue weighted by atomic mass is 10.3. The number of ether oxygens (including phenoxy) is 1. The van der Waals surface area contributed by atoms with Gasteiger partial charge in [-0.2, -0.15) is 0 Å². The van der Waals surface area contributed by atoms with Gasteiger partial charge in [0.2, 0.25) is 10.0 Å². The fourth-order valence-corrected chi connectivity index (χ4v) is 2.84. The molecule has 84 valence electrons. The number of nitrogens with zero attached hydrogens (tertiary/aromatic N) is 1. The first-order valence-corrected chi connectivity index (χ1v) is 6.39. The summed E-state index contributed by atoms with van der Waals surface area (Å²) in [5.74, 6) is 0.513. The highest BCUT2D eigenvalue weighted by Crippen LogP contribution is 2.27. The molecular formula is C9H12BrNO3S. The number of rotatable bonds is 3. The van der Waals surface area contributed by atoms with Gasteiger partial charge in [0, 0.05) is 24.6 Å². The molecule has 0 bridgehead atoms. The summed E-state index contributed by atoms with van der Waals surface area (Å²) in [6.07, 6.45) is 0. The summed E-state index contributed by atoms with van der Waals surface area (Å²) in [7, 11) is 1.04. The van der Waals surface area contributed by atoms with Crippen molar-refractivity contribution in [1.82, 2.24) is 4.31 Å². The number of halogens is 1. The fourth-order valence-electron chi connectivity index (χ4n) is 1.01. The maximum Gasteiger partial charge on any atom is 0.243 e. The van der Waals surface area contributed by atoms with Crippen LogP contribution in [0.4, 0.5) is 0 Å². The second-order valence-corrected chi connectivity index (χ2v) is 6.06. The molecule has 15 heavy (non-hydrogen) atoms. The van der Waals surface area contributed by atoms with E-state index in [9.17, 15) is 8.42 Å². The fraction of sp³-hybridized carbons (Fsp3) is 0.333. The zero-order valence-corrected chi connectivity index (χ0v) is 11.1. The van der Waals surface area contributed by atoms with Gasteiger partial charge in [0.25, 0.3) is 0 Å². The van der Waals surface area contributed by atoms with E-state index in [-0.39, 0.29) is 4.90 Å². The van der Waals surface area contributed by atoms with Gasteiger partial charge in [-0.1, -0.05) is 0 Å². The molecule has 0 spiro atoms. The van der Waals surface area contributed by atoms with Crippen LogP contribution < -0.4 is 4.74 Å². The van der Waals surface area contributed by atoms with Crippen LogP contribution in [-0.4, -0.2) is 33.9 Å². The van der Waals surface area contributed by atoms with Crippen molar-refractivity contribution in [1.29, 1.82) is 0 Å². The van der Waals surface area contributed by atoms with Crippen molar-refractivity contribution in [2.24, 2.45) is 0 Å². The predicted molar refractivity (Wildman–Crippen MR) is 61.6 cm³/mol. The highest BCUT2D eigenvalue weighted by atomic mass is 79.9. The predicted octanol–water partition coefficient (Wildman–Crippen LogP) is 1.71. The Morgan fingerprint density at radius 2 is 1.93 bits per heavy atom. The van der Waals surface area contributed by atoms with Gasteiger partial charge in [0.15, 0.2) is 0 Å². The van der Waals surface area contributed by atoms with E-state index in [2.05, 4.69) is 15.9 Å². The van der Waals surface area contributed by atoms with E-state index in [4.69, 9.17) is 4.74 Å². The molecule has 0 N–H and O–H groups in total. The maximum absolute atomic E-state index is 11.9. The SMILES string of the molecule is COc1ccc(Br)c(S(=O)(=O)N(C)C)c1. The Balaban J connectivity index is 3.37. The third-order valence-corrected chi connectivity index (χ3v) is 4.71. The number of hydrogen-bond donors (Lipinski definition) is 0. The van der Waals surface area contributed by atoms with Gasteiger partial charge in [-0.3, -0.25) is 0 Å². The number of benzene rings is 1. The van der Waals surface area contributed by atoms with E-state index in [1.165, 1.54) is 27.3 Å². The van der Waals surface area contributed by atoms with Crippen molar-refractivity contribution in [3.8, 4) is 5.75 Å². The zero-order valence-electron chi connectivity index (χ0n) is 8.69. The second-order valence-electron chi connectivity index (χ2n) is 3.08. The molecule has 0 aliphatic rings. The molecule has 1 aromatic carbocycles. The van der Waals surface area contributed by atoms with E-state index in [1.54, 1.807) is 12.1 Å². The summed E-state index contributed by atoms with van der Waals surface area (Å²) in [6, 6.07) is 4.83. The molecule has 6 heteroatoms. The number of sulfonamides is 1. The zero-order chi connectivity index (χ0) is 11.6. The summed E-state index contributed by atoms with van der Waals surface area (Å²) in [6.45, 7) is 0. The van der Waals surface area contributed by atoms with Gasteiger partial charge >= 0.3 is 0 Å². The van der Waals surface area contributed by atoms with Crippen LogP contribution in [0.2, 0.25) is 0 Å². The molecule has 1 aromatic rings. The molecule has 0 amide bonds. The Morgan fingerprint density at radius 1 is 1.33 bits per heavy atom. The Labute approximate surface area is 98.0 Å². The topological polar surface area (TPSA) is 46.6 Å². The lowest BCUT2D eigenvalue weighted by Gasteiger charge is -2.13. The summed E-state index contributed by atoms with van der Waals surface area (Å²) in [5.41, 5.74) is 0. The molecule has 0 aliphatic carbocycles. The maximum atomic E-state index is 11.9. The lowest BCUT2D eigenvalue weighted by molar-refractivity contribution is 0.413. The van der Waals surface area contributed by atoms with Crippen molar-refractivity contribution in [2.45, 2.75) is 4.90 Å². The van der Waals surface area contributed by atoms with E-state index in [0.29, 0.717) is 10.2 Å². The molecule has 4 nitrogen and oxygen atoms in total. The molecule has 0 unspecified atom stereocenters. The molecule has 0 radical (unpaired) electrons. The van der Waals surface area contributed by atoms with Crippen LogP contribution in [0.3, 0.4) is 0 Å². The largest absolute Gasteiger partial charge is 0.497 e. The summed E-state index contributed by atoms with van der Waals surface area (Å²) < 4.78 is 30.4. The van der Waals surface area contributed by atoms with E-state index in [1.807, 2.05) is 0 Å². The molecule has 0 fully saturated rings. The van der Waals surface area contributed by atoms with Crippen molar-refractivity contribution in [3.63, 3.8) is 0 Å². The van der Waals surface area contributed by atoms with Gasteiger partial charge < -0.3 is 4.74 Å². The Morgan fingerprint density at radius 3 is 2.40 bits per heavy atom. The minimum Gasteiger partial charge on any atom is -0.497 e. The first-order valence-electron chi connectivity index (χ1n) is 4.15. The average molecular weight is 294 g/mol. The third kappa shape index (κ3) is 2.50. The van der Waals surface area contributed by atoms with Crippen molar-refractivity contribution < 1.29 is 13.2 Å². The standard InChI is InChI=1S/C9H12BrNO3S/c1-11(2)15(12,13)9-6-7(14-3)4-5-8(9)10/h4-6H,1-3H3. The van der Waals surface area contributed by atoms with Crippen LogP contribution in [0.15, 0.2) is 27.6 Å². The van der Waals surface area contributed by atoms with Crippen LogP contribution in [0.1, 0.15) is 0 Å². The molecule has 0 saturated carbocycles. The molecular weight excluding hydrogens is 282 g/mol.